The molecule has 0 fully saturated rings. The Morgan fingerprint density at radius 1 is 0.923 bits per heavy atom. The van der Waals surface area contributed by atoms with E-state index in [1.165, 1.54) is 4.90 Å². The van der Waals surface area contributed by atoms with Gasteiger partial charge in [0.2, 0.25) is 11.8 Å². The van der Waals surface area contributed by atoms with Crippen LogP contribution in [-0.2, 0) is 32.6 Å². The van der Waals surface area contributed by atoms with E-state index in [-0.39, 0.29) is 17.3 Å². The fourth-order valence-corrected chi connectivity index (χ4v) is 5.84. The Labute approximate surface area is 236 Å². The number of sulfonamides is 1. The van der Waals surface area contributed by atoms with Gasteiger partial charge in [-0.2, -0.15) is 0 Å². The van der Waals surface area contributed by atoms with Crippen LogP contribution < -0.4 is 9.62 Å². The molecule has 208 valence electrons. The first kappa shape index (κ1) is 30.2. The molecule has 0 aromatic heterocycles. The lowest BCUT2D eigenvalue weighted by atomic mass is 10.1. The molecule has 3 aromatic carbocycles. The predicted molar refractivity (Wildman–Crippen MR) is 156 cm³/mol. The fraction of sp³-hybridized carbons (Fsp3) is 0.333. The van der Waals surface area contributed by atoms with Gasteiger partial charge < -0.3 is 10.2 Å². The van der Waals surface area contributed by atoms with Crippen molar-refractivity contribution in [2.24, 2.45) is 0 Å². The van der Waals surface area contributed by atoms with Gasteiger partial charge in [0.1, 0.15) is 12.6 Å². The molecule has 3 rings (SSSR count). The molecule has 0 radical (unpaired) electrons. The number of amides is 2. The lowest BCUT2D eigenvalue weighted by Crippen LogP contribution is -2.51. The number of hydrogen-bond donors (Lipinski definition) is 1. The van der Waals surface area contributed by atoms with Crippen molar-refractivity contribution in [2.75, 3.05) is 17.4 Å². The van der Waals surface area contributed by atoms with E-state index >= 15 is 0 Å². The second kappa shape index (κ2) is 13.6. The van der Waals surface area contributed by atoms with Gasteiger partial charge in [-0.3, -0.25) is 13.9 Å². The molecule has 2 amide bonds. The number of halogens is 1. The molecule has 3 aromatic rings. The summed E-state index contributed by atoms with van der Waals surface area (Å²) in [6.45, 7) is 7.42. The maximum absolute atomic E-state index is 14.0. The Bertz CT molecular complexity index is 1390. The van der Waals surface area contributed by atoms with Crippen LogP contribution in [0.25, 0.3) is 0 Å². The van der Waals surface area contributed by atoms with Crippen molar-refractivity contribution in [1.29, 1.82) is 0 Å². The third-order valence-corrected chi connectivity index (χ3v) is 8.69. The normalized spacial score (nSPS) is 12.0. The number of anilines is 1. The number of benzene rings is 3. The molecule has 39 heavy (non-hydrogen) atoms. The van der Waals surface area contributed by atoms with Crippen LogP contribution in [0.1, 0.15) is 43.9 Å². The topological polar surface area (TPSA) is 86.8 Å². The van der Waals surface area contributed by atoms with Crippen molar-refractivity contribution < 1.29 is 18.0 Å². The van der Waals surface area contributed by atoms with Gasteiger partial charge in [0.15, 0.2) is 0 Å². The Kier molecular flexibility index (Phi) is 10.5. The number of aryl methyl sites for hydroxylation is 2. The van der Waals surface area contributed by atoms with Crippen molar-refractivity contribution in [3.63, 3.8) is 0 Å². The van der Waals surface area contributed by atoms with Crippen molar-refractivity contribution in [2.45, 2.75) is 58.0 Å². The molecule has 0 saturated heterocycles. The minimum Gasteiger partial charge on any atom is -0.354 e. The molecule has 0 bridgehead atoms. The monoisotopic (exact) mass is 569 g/mol. The maximum atomic E-state index is 14.0. The Morgan fingerprint density at radius 2 is 1.54 bits per heavy atom. The third-order valence-electron chi connectivity index (χ3n) is 6.54. The molecule has 0 aliphatic carbocycles. The van der Waals surface area contributed by atoms with Crippen molar-refractivity contribution in [1.82, 2.24) is 10.2 Å². The SMILES string of the molecule is CCCNC(=O)C(C)N(Cc1ccccc1Cl)C(=O)CN(c1ccccc1CC)S(=O)(=O)c1ccc(C)cc1. The first-order valence-electron chi connectivity index (χ1n) is 13.1. The molecule has 0 heterocycles. The minimum atomic E-state index is -4.11. The number of rotatable bonds is 12. The second-order valence-electron chi connectivity index (χ2n) is 9.39. The number of carbonyl (C=O) groups is 2. The summed E-state index contributed by atoms with van der Waals surface area (Å²) in [5.41, 5.74) is 2.79. The van der Waals surface area contributed by atoms with Crippen LogP contribution in [0.5, 0.6) is 0 Å². The summed E-state index contributed by atoms with van der Waals surface area (Å²) < 4.78 is 29.1. The highest BCUT2D eigenvalue weighted by Crippen LogP contribution is 2.28. The molecule has 1 N–H and O–H groups in total. The van der Waals surface area contributed by atoms with Crippen molar-refractivity contribution in [3.8, 4) is 0 Å². The number of hydrogen-bond acceptors (Lipinski definition) is 4. The minimum absolute atomic E-state index is 0.0487. The standard InChI is InChI=1S/C30H36ClN3O4S/c1-5-19-32-30(36)23(4)33(20-25-12-7-9-13-27(25)31)29(35)21-34(28-14-10-8-11-24(28)6-2)39(37,38)26-17-15-22(3)16-18-26/h7-18,23H,5-6,19-21H2,1-4H3,(H,32,36). The average molecular weight is 570 g/mol. The average Bonchev–Trinajstić information content (AvgIpc) is 2.93. The molecule has 0 aliphatic heterocycles. The van der Waals surface area contributed by atoms with E-state index in [9.17, 15) is 18.0 Å². The Balaban J connectivity index is 2.07. The molecule has 0 aliphatic rings. The summed E-state index contributed by atoms with van der Waals surface area (Å²) in [7, 11) is -4.11. The molecule has 1 atom stereocenters. The zero-order chi connectivity index (χ0) is 28.6. The van der Waals surface area contributed by atoms with Gasteiger partial charge >= 0.3 is 0 Å². The van der Waals surface area contributed by atoms with Crippen LogP contribution in [-0.4, -0.2) is 44.3 Å². The highest BCUT2D eigenvalue weighted by atomic mass is 35.5. The quantitative estimate of drug-likeness (QED) is 0.318. The van der Waals surface area contributed by atoms with Crippen LogP contribution in [0.15, 0.2) is 77.7 Å². The third kappa shape index (κ3) is 7.40. The summed E-state index contributed by atoms with van der Waals surface area (Å²) >= 11 is 6.40. The summed E-state index contributed by atoms with van der Waals surface area (Å²) in [6.07, 6.45) is 1.32. The molecular formula is C30H36ClN3O4S. The smallest absolute Gasteiger partial charge is 0.264 e. The van der Waals surface area contributed by atoms with Crippen LogP contribution >= 0.6 is 11.6 Å². The maximum Gasteiger partial charge on any atom is 0.264 e. The predicted octanol–water partition coefficient (Wildman–Crippen LogP) is 5.35. The van der Waals surface area contributed by atoms with E-state index in [4.69, 9.17) is 11.6 Å². The molecule has 0 spiro atoms. The fourth-order valence-electron chi connectivity index (χ4n) is 4.19. The first-order chi connectivity index (χ1) is 18.6. The largest absolute Gasteiger partial charge is 0.354 e. The van der Waals surface area contributed by atoms with E-state index in [0.29, 0.717) is 29.2 Å². The van der Waals surface area contributed by atoms with E-state index in [2.05, 4.69) is 5.32 Å². The molecule has 9 heteroatoms. The zero-order valence-electron chi connectivity index (χ0n) is 22.9. The second-order valence-corrected chi connectivity index (χ2v) is 11.7. The van der Waals surface area contributed by atoms with E-state index in [1.807, 2.05) is 32.9 Å². The summed E-state index contributed by atoms with van der Waals surface area (Å²) in [6, 6.07) is 19.9. The summed E-state index contributed by atoms with van der Waals surface area (Å²) in [5, 5.41) is 3.29. The van der Waals surface area contributed by atoms with E-state index in [1.54, 1.807) is 67.6 Å². The van der Waals surface area contributed by atoms with Crippen LogP contribution in [0.3, 0.4) is 0 Å². The molecular weight excluding hydrogens is 534 g/mol. The lowest BCUT2D eigenvalue weighted by Gasteiger charge is -2.32. The first-order valence-corrected chi connectivity index (χ1v) is 14.9. The van der Waals surface area contributed by atoms with Crippen molar-refractivity contribution in [3.05, 3.63) is 94.5 Å². The van der Waals surface area contributed by atoms with Crippen LogP contribution in [0, 0.1) is 6.92 Å². The van der Waals surface area contributed by atoms with Gasteiger partial charge in [-0.1, -0.05) is 79.5 Å². The molecule has 7 nitrogen and oxygen atoms in total. The number of nitrogens with zero attached hydrogens (tertiary/aromatic N) is 2. The zero-order valence-corrected chi connectivity index (χ0v) is 24.4. The van der Waals surface area contributed by atoms with Crippen LogP contribution in [0.2, 0.25) is 5.02 Å². The van der Waals surface area contributed by atoms with E-state index in [0.717, 1.165) is 21.9 Å². The van der Waals surface area contributed by atoms with Crippen LogP contribution in [0.4, 0.5) is 5.69 Å². The Hall–Kier alpha value is -3.36. The molecule has 1 unspecified atom stereocenters. The van der Waals surface area contributed by atoms with Gasteiger partial charge in [-0.05, 0) is 62.1 Å². The van der Waals surface area contributed by atoms with E-state index < -0.39 is 28.5 Å². The number of nitrogens with one attached hydrogen (secondary N) is 1. The van der Waals surface area contributed by atoms with Gasteiger partial charge in [0, 0.05) is 18.1 Å². The summed E-state index contributed by atoms with van der Waals surface area (Å²) in [5.74, 6) is -0.838. The Morgan fingerprint density at radius 3 is 2.15 bits per heavy atom. The molecule has 0 saturated carbocycles. The highest BCUT2D eigenvalue weighted by Gasteiger charge is 2.33. The number of carbonyl (C=O) groups excluding carboxylic acids is 2. The lowest BCUT2D eigenvalue weighted by molar-refractivity contribution is -0.139. The summed E-state index contributed by atoms with van der Waals surface area (Å²) in [4.78, 5) is 28.4. The van der Waals surface area contributed by atoms with Gasteiger partial charge in [-0.15, -0.1) is 0 Å². The number of para-hydroxylation sites is 1. The van der Waals surface area contributed by atoms with Gasteiger partial charge in [-0.25, -0.2) is 8.42 Å². The highest BCUT2D eigenvalue weighted by molar-refractivity contribution is 7.92. The van der Waals surface area contributed by atoms with Gasteiger partial charge in [0.05, 0.1) is 10.6 Å². The van der Waals surface area contributed by atoms with Gasteiger partial charge in [0.25, 0.3) is 10.0 Å². The van der Waals surface area contributed by atoms with Crippen molar-refractivity contribution >= 4 is 39.1 Å².